The molecule has 1 rings (SSSR count). The Hall–Kier alpha value is -1.10. The smallest absolute Gasteiger partial charge is 0.0372 e. The van der Waals surface area contributed by atoms with Gasteiger partial charge in [-0.15, -0.1) is 0 Å². The van der Waals surface area contributed by atoms with E-state index in [-0.39, 0.29) is 16.6 Å². The molecular formula is C16H32N4. The van der Waals surface area contributed by atoms with Crippen molar-refractivity contribution in [2.45, 2.75) is 64.6 Å². The average Bonchev–Trinajstić information content (AvgIpc) is 2.11. The second kappa shape index (κ2) is 6.57. The van der Waals surface area contributed by atoms with Gasteiger partial charge in [-0.25, -0.2) is 0 Å². The van der Waals surface area contributed by atoms with E-state index in [2.05, 4.69) is 0 Å². The molecular weight excluding hydrogens is 248 g/mol. The number of anilines is 1. The molecule has 20 heavy (non-hydrogen) atoms. The van der Waals surface area contributed by atoms with Crippen molar-refractivity contribution in [2.24, 2.45) is 17.2 Å². The fraction of sp³-hybridized carbons (Fsp3) is 0.625. The number of rotatable bonds is 3. The van der Waals surface area contributed by atoms with Crippen molar-refractivity contribution < 1.29 is 0 Å². The maximum atomic E-state index is 5.88. The SMILES string of the molecule is CC(C)(N)CC(C)(C)N.CC(C)(N)c1ccccc1N. The normalized spacial score (nSPS) is 12.7. The standard InChI is InChI=1S/C9H14N2.C7H18N2/c1-9(2,11)7-5-3-4-6-8(7)10;1-6(2,8)5-7(3,4)9/h3-6H,10-11H2,1-2H3;5,8-9H2,1-4H3. The average molecular weight is 280 g/mol. The van der Waals surface area contributed by atoms with Crippen LogP contribution in [-0.4, -0.2) is 11.1 Å². The van der Waals surface area contributed by atoms with Gasteiger partial charge in [-0.2, -0.15) is 0 Å². The molecule has 0 saturated carbocycles. The van der Waals surface area contributed by atoms with Crippen LogP contribution < -0.4 is 22.9 Å². The molecule has 0 fully saturated rings. The van der Waals surface area contributed by atoms with Crippen molar-refractivity contribution in [3.63, 3.8) is 0 Å². The Morgan fingerprint density at radius 1 is 0.800 bits per heavy atom. The van der Waals surface area contributed by atoms with Crippen molar-refractivity contribution in [1.29, 1.82) is 0 Å². The minimum atomic E-state index is -0.342. The molecule has 1 aromatic carbocycles. The van der Waals surface area contributed by atoms with Crippen LogP contribution in [0.1, 0.15) is 53.5 Å². The lowest BCUT2D eigenvalue weighted by atomic mass is 9.89. The Morgan fingerprint density at radius 2 is 1.20 bits per heavy atom. The molecule has 0 aliphatic rings. The van der Waals surface area contributed by atoms with Crippen LogP contribution in [0.3, 0.4) is 0 Å². The lowest BCUT2D eigenvalue weighted by Crippen LogP contribution is -2.45. The van der Waals surface area contributed by atoms with Crippen LogP contribution in [0.5, 0.6) is 0 Å². The van der Waals surface area contributed by atoms with Gasteiger partial charge in [0.2, 0.25) is 0 Å². The minimum absolute atomic E-state index is 0.141. The molecule has 0 unspecified atom stereocenters. The van der Waals surface area contributed by atoms with Crippen molar-refractivity contribution in [3.05, 3.63) is 29.8 Å². The number of nitrogen functional groups attached to an aromatic ring is 1. The van der Waals surface area contributed by atoms with E-state index in [4.69, 9.17) is 22.9 Å². The maximum absolute atomic E-state index is 5.88. The number of hydrogen-bond acceptors (Lipinski definition) is 4. The molecule has 0 saturated heterocycles. The molecule has 0 aromatic heterocycles. The van der Waals surface area contributed by atoms with E-state index in [0.717, 1.165) is 17.7 Å². The first-order valence-electron chi connectivity index (χ1n) is 6.94. The van der Waals surface area contributed by atoms with Crippen LogP contribution >= 0.6 is 0 Å². The molecule has 0 heterocycles. The van der Waals surface area contributed by atoms with Crippen LogP contribution in [-0.2, 0) is 5.54 Å². The predicted octanol–water partition coefficient (Wildman–Crippen LogP) is 2.31. The predicted molar refractivity (Wildman–Crippen MR) is 89.2 cm³/mol. The van der Waals surface area contributed by atoms with Crippen LogP contribution in [0.15, 0.2) is 24.3 Å². The number of para-hydroxylation sites is 1. The molecule has 0 aliphatic heterocycles. The van der Waals surface area contributed by atoms with E-state index in [0.29, 0.717) is 0 Å². The summed E-state index contributed by atoms with van der Waals surface area (Å²) < 4.78 is 0. The summed E-state index contributed by atoms with van der Waals surface area (Å²) in [5.74, 6) is 0. The highest BCUT2D eigenvalue weighted by atomic mass is 14.8. The monoisotopic (exact) mass is 280 g/mol. The summed E-state index contributed by atoms with van der Waals surface area (Å²) in [6.07, 6.45) is 0.847. The zero-order valence-corrected chi connectivity index (χ0v) is 13.8. The Bertz CT molecular complexity index is 394. The van der Waals surface area contributed by atoms with E-state index in [9.17, 15) is 0 Å². The number of hydrogen-bond donors (Lipinski definition) is 4. The molecule has 0 amide bonds. The molecule has 0 bridgehead atoms. The zero-order valence-electron chi connectivity index (χ0n) is 13.8. The van der Waals surface area contributed by atoms with Gasteiger partial charge in [0, 0.05) is 22.3 Å². The van der Waals surface area contributed by atoms with Gasteiger partial charge in [-0.1, -0.05) is 18.2 Å². The third-order valence-electron chi connectivity index (χ3n) is 2.57. The van der Waals surface area contributed by atoms with Gasteiger partial charge < -0.3 is 22.9 Å². The summed E-state index contributed by atoms with van der Waals surface area (Å²) in [4.78, 5) is 0. The molecule has 0 aliphatic carbocycles. The summed E-state index contributed by atoms with van der Waals surface area (Å²) in [5, 5.41) is 0. The van der Waals surface area contributed by atoms with Gasteiger partial charge in [0.1, 0.15) is 0 Å². The number of benzene rings is 1. The highest BCUT2D eigenvalue weighted by Gasteiger charge is 2.21. The zero-order chi connectivity index (χ0) is 16.2. The van der Waals surface area contributed by atoms with Crippen LogP contribution in [0.4, 0.5) is 5.69 Å². The van der Waals surface area contributed by atoms with Crippen molar-refractivity contribution >= 4 is 5.69 Å². The first-order valence-corrected chi connectivity index (χ1v) is 6.94. The molecule has 1 aromatic rings. The molecule has 0 radical (unpaired) electrons. The van der Waals surface area contributed by atoms with E-state index >= 15 is 0 Å². The second-order valence-electron chi connectivity index (χ2n) is 7.46. The summed E-state index contributed by atoms with van der Waals surface area (Å²) >= 11 is 0. The van der Waals surface area contributed by atoms with Gasteiger partial charge in [0.25, 0.3) is 0 Å². The van der Waals surface area contributed by atoms with E-state index in [1.807, 2.05) is 65.8 Å². The minimum Gasteiger partial charge on any atom is -0.398 e. The highest BCUT2D eigenvalue weighted by Crippen LogP contribution is 2.22. The summed E-state index contributed by atoms with van der Waals surface area (Å²) in [6.45, 7) is 11.8. The maximum Gasteiger partial charge on any atom is 0.0372 e. The summed E-state index contributed by atoms with van der Waals surface area (Å²) in [7, 11) is 0. The van der Waals surface area contributed by atoms with Gasteiger partial charge in [-0.3, -0.25) is 0 Å². The first-order chi connectivity index (χ1) is 8.72. The summed E-state index contributed by atoms with van der Waals surface area (Å²) in [6, 6.07) is 7.67. The fourth-order valence-corrected chi connectivity index (χ4v) is 2.26. The van der Waals surface area contributed by atoms with E-state index in [1.165, 1.54) is 0 Å². The number of nitrogens with two attached hydrogens (primary N) is 4. The third-order valence-corrected chi connectivity index (χ3v) is 2.57. The molecule has 8 N–H and O–H groups in total. The van der Waals surface area contributed by atoms with E-state index < -0.39 is 0 Å². The van der Waals surface area contributed by atoms with Gasteiger partial charge in [-0.05, 0) is 59.6 Å². The Labute approximate surface area is 123 Å². The molecule has 116 valence electrons. The molecule has 4 nitrogen and oxygen atoms in total. The molecule has 0 spiro atoms. The Morgan fingerprint density at radius 3 is 1.40 bits per heavy atom. The quantitative estimate of drug-likeness (QED) is 0.638. The topological polar surface area (TPSA) is 104 Å². The highest BCUT2D eigenvalue weighted by molar-refractivity contribution is 5.49. The van der Waals surface area contributed by atoms with Crippen LogP contribution in [0, 0.1) is 0 Å². The third kappa shape index (κ3) is 8.91. The van der Waals surface area contributed by atoms with Crippen molar-refractivity contribution in [3.8, 4) is 0 Å². The lowest BCUT2D eigenvalue weighted by molar-refractivity contribution is 0.352. The van der Waals surface area contributed by atoms with Crippen LogP contribution in [0.2, 0.25) is 0 Å². The van der Waals surface area contributed by atoms with Gasteiger partial charge in [0.15, 0.2) is 0 Å². The van der Waals surface area contributed by atoms with Gasteiger partial charge in [0.05, 0.1) is 0 Å². The van der Waals surface area contributed by atoms with Crippen molar-refractivity contribution in [2.75, 3.05) is 5.73 Å². The first kappa shape index (κ1) is 18.9. The molecule has 4 heteroatoms. The summed E-state index contributed by atoms with van der Waals surface area (Å²) in [5.41, 5.74) is 24.2. The van der Waals surface area contributed by atoms with Crippen molar-refractivity contribution in [1.82, 2.24) is 0 Å². The Kier molecular flexibility index (Phi) is 6.21. The Balaban J connectivity index is 0.000000370. The largest absolute Gasteiger partial charge is 0.398 e. The van der Waals surface area contributed by atoms with Crippen LogP contribution in [0.25, 0.3) is 0 Å². The lowest BCUT2D eigenvalue weighted by Gasteiger charge is -2.28. The second-order valence-corrected chi connectivity index (χ2v) is 7.46. The van der Waals surface area contributed by atoms with Gasteiger partial charge >= 0.3 is 0 Å². The fourth-order valence-electron chi connectivity index (χ4n) is 2.26. The van der Waals surface area contributed by atoms with E-state index in [1.54, 1.807) is 0 Å². The molecule has 0 atom stereocenters.